The lowest BCUT2D eigenvalue weighted by atomic mass is 9.98. The minimum absolute atomic E-state index is 0.287. The molecule has 0 amide bonds. The van der Waals surface area contributed by atoms with Gasteiger partial charge in [0.25, 0.3) is 0 Å². The van der Waals surface area contributed by atoms with Gasteiger partial charge >= 0.3 is 0 Å². The summed E-state index contributed by atoms with van der Waals surface area (Å²) in [7, 11) is 1.68. The van der Waals surface area contributed by atoms with E-state index in [-0.39, 0.29) is 5.41 Å². The first kappa shape index (κ1) is 23.9. The number of nitrogens with zero attached hydrogens (tertiary/aromatic N) is 2. The van der Waals surface area contributed by atoms with E-state index < -0.39 is 0 Å². The van der Waals surface area contributed by atoms with Crippen molar-refractivity contribution in [3.8, 4) is 11.5 Å². The van der Waals surface area contributed by atoms with Crippen LogP contribution in [0.2, 0.25) is 5.02 Å². The summed E-state index contributed by atoms with van der Waals surface area (Å²) in [5.74, 6) is 2.43. The van der Waals surface area contributed by atoms with E-state index in [4.69, 9.17) is 21.1 Å². The van der Waals surface area contributed by atoms with Crippen LogP contribution in [-0.4, -0.2) is 23.6 Å². The molecule has 188 valence electrons. The monoisotopic (exact) mass is 577 g/mol. The minimum atomic E-state index is 0.287. The van der Waals surface area contributed by atoms with E-state index in [9.17, 15) is 0 Å². The minimum Gasteiger partial charge on any atom is -0.495 e. The van der Waals surface area contributed by atoms with Crippen LogP contribution in [0, 0.1) is 0 Å². The van der Waals surface area contributed by atoms with Crippen molar-refractivity contribution in [2.45, 2.75) is 24.9 Å². The zero-order valence-electron chi connectivity index (χ0n) is 20.1. The lowest BCUT2D eigenvalue weighted by Gasteiger charge is -2.15. The van der Waals surface area contributed by atoms with Crippen molar-refractivity contribution in [2.24, 2.45) is 0 Å². The number of halogens is 2. The molecule has 1 aromatic heterocycles. The number of anilines is 5. The van der Waals surface area contributed by atoms with E-state index in [1.54, 1.807) is 13.3 Å². The summed E-state index contributed by atoms with van der Waals surface area (Å²) in [5, 5.41) is 10.7. The average Bonchev–Trinajstić information content (AvgIpc) is 3.62. The Bertz CT molecular complexity index is 1460. The molecule has 3 N–H and O–H groups in total. The molecule has 2 aliphatic rings. The normalized spacial score (nSPS) is 14.6. The van der Waals surface area contributed by atoms with Gasteiger partial charge in [-0.1, -0.05) is 41.9 Å². The number of methoxy groups -OCH3 is 1. The van der Waals surface area contributed by atoms with Gasteiger partial charge in [0.1, 0.15) is 23.9 Å². The Morgan fingerprint density at radius 1 is 1.05 bits per heavy atom. The molecule has 0 atom stereocenters. The predicted octanol–water partition coefficient (Wildman–Crippen LogP) is 7.42. The zero-order chi connectivity index (χ0) is 25.4. The third-order valence-electron chi connectivity index (χ3n) is 6.80. The molecule has 0 radical (unpaired) electrons. The Labute approximate surface area is 228 Å². The molecule has 1 aliphatic heterocycles. The van der Waals surface area contributed by atoms with Crippen molar-refractivity contribution in [3.63, 3.8) is 0 Å². The van der Waals surface area contributed by atoms with E-state index in [0.717, 1.165) is 39.4 Å². The van der Waals surface area contributed by atoms with Crippen molar-refractivity contribution in [2.75, 3.05) is 29.6 Å². The Hall–Kier alpha value is -3.49. The number of hydrogen-bond acceptors (Lipinski definition) is 7. The van der Waals surface area contributed by atoms with Crippen molar-refractivity contribution < 1.29 is 9.47 Å². The van der Waals surface area contributed by atoms with E-state index in [1.807, 2.05) is 48.5 Å². The van der Waals surface area contributed by atoms with Gasteiger partial charge in [0.05, 0.1) is 22.3 Å². The second kappa shape index (κ2) is 9.76. The molecular formula is C28H25BrClN5O2. The molecule has 4 aromatic rings. The summed E-state index contributed by atoms with van der Waals surface area (Å²) in [5.41, 5.74) is 5.42. The van der Waals surface area contributed by atoms with Crippen LogP contribution in [0.3, 0.4) is 0 Å². The lowest BCUT2D eigenvalue weighted by molar-refractivity contribution is 0.306. The van der Waals surface area contributed by atoms with E-state index >= 15 is 0 Å². The van der Waals surface area contributed by atoms with Crippen LogP contribution in [-0.2, 0) is 12.0 Å². The predicted molar refractivity (Wildman–Crippen MR) is 151 cm³/mol. The Balaban J connectivity index is 1.18. The molecule has 1 fully saturated rings. The van der Waals surface area contributed by atoms with Gasteiger partial charge in [0, 0.05) is 29.5 Å². The van der Waals surface area contributed by atoms with Gasteiger partial charge in [-0.15, -0.1) is 0 Å². The molecule has 1 aliphatic carbocycles. The van der Waals surface area contributed by atoms with Gasteiger partial charge in [0.2, 0.25) is 5.95 Å². The highest BCUT2D eigenvalue weighted by Gasteiger charge is 2.49. The first-order valence-corrected chi connectivity index (χ1v) is 13.2. The number of ether oxygens (including phenoxy) is 2. The highest BCUT2D eigenvalue weighted by atomic mass is 79.9. The van der Waals surface area contributed by atoms with Crippen LogP contribution >= 0.6 is 27.5 Å². The topological polar surface area (TPSA) is 80.3 Å². The van der Waals surface area contributed by atoms with Crippen molar-refractivity contribution in [1.29, 1.82) is 0 Å². The van der Waals surface area contributed by atoms with Gasteiger partial charge in [0.15, 0.2) is 0 Å². The van der Waals surface area contributed by atoms with Crippen LogP contribution in [0.1, 0.15) is 24.0 Å². The molecule has 37 heavy (non-hydrogen) atoms. The molecule has 6 rings (SSSR count). The number of benzene rings is 3. The summed E-state index contributed by atoms with van der Waals surface area (Å²) in [6.45, 7) is 1.43. The SMILES string of the molecule is COc1cc2c(cc1Nc1ncc(Br)c(Nc3ccc(OCc4ccccc4)c(Cl)c3)n1)NCC21CC1. The Morgan fingerprint density at radius 3 is 2.65 bits per heavy atom. The molecule has 3 aromatic carbocycles. The number of aromatic nitrogens is 2. The third kappa shape index (κ3) is 4.91. The van der Waals surface area contributed by atoms with Gasteiger partial charge in [-0.25, -0.2) is 4.98 Å². The molecule has 0 bridgehead atoms. The molecule has 1 spiro atoms. The molecular weight excluding hydrogens is 554 g/mol. The first-order valence-electron chi connectivity index (χ1n) is 12.0. The van der Waals surface area contributed by atoms with Crippen molar-refractivity contribution in [1.82, 2.24) is 9.97 Å². The van der Waals surface area contributed by atoms with Crippen LogP contribution in [0.5, 0.6) is 11.5 Å². The second-order valence-electron chi connectivity index (χ2n) is 9.29. The quantitative estimate of drug-likeness (QED) is 0.201. The average molecular weight is 579 g/mol. The molecule has 1 saturated carbocycles. The van der Waals surface area contributed by atoms with Crippen molar-refractivity contribution in [3.05, 3.63) is 87.5 Å². The molecule has 2 heterocycles. The summed E-state index contributed by atoms with van der Waals surface area (Å²) in [6, 6.07) is 19.7. The van der Waals surface area contributed by atoms with Gasteiger partial charge in [-0.2, -0.15) is 4.98 Å². The molecule has 0 saturated heterocycles. The zero-order valence-corrected chi connectivity index (χ0v) is 22.5. The number of nitrogens with one attached hydrogen (secondary N) is 3. The molecule has 0 unspecified atom stereocenters. The largest absolute Gasteiger partial charge is 0.495 e. The van der Waals surface area contributed by atoms with E-state index in [2.05, 4.69) is 54.0 Å². The fraction of sp³-hybridized carbons (Fsp3) is 0.214. The van der Waals surface area contributed by atoms with Crippen LogP contribution in [0.15, 0.2) is 71.3 Å². The highest BCUT2D eigenvalue weighted by Crippen LogP contribution is 2.56. The number of fused-ring (bicyclic) bond motifs is 2. The Kier molecular flexibility index (Phi) is 6.30. The molecule has 7 nitrogen and oxygen atoms in total. The van der Waals surface area contributed by atoms with Crippen LogP contribution in [0.25, 0.3) is 0 Å². The van der Waals surface area contributed by atoms with E-state index in [0.29, 0.717) is 29.1 Å². The van der Waals surface area contributed by atoms with Gasteiger partial charge < -0.3 is 25.4 Å². The third-order valence-corrected chi connectivity index (χ3v) is 7.68. The van der Waals surface area contributed by atoms with E-state index in [1.165, 1.54) is 18.4 Å². The summed E-state index contributed by atoms with van der Waals surface area (Å²) < 4.78 is 12.3. The number of hydrogen-bond donors (Lipinski definition) is 3. The summed E-state index contributed by atoms with van der Waals surface area (Å²) >= 11 is 10.0. The smallest absolute Gasteiger partial charge is 0.229 e. The molecule has 9 heteroatoms. The van der Waals surface area contributed by atoms with Gasteiger partial charge in [-0.05, 0) is 70.2 Å². The maximum Gasteiger partial charge on any atom is 0.229 e. The summed E-state index contributed by atoms with van der Waals surface area (Å²) in [4.78, 5) is 9.11. The maximum atomic E-state index is 6.50. The van der Waals surface area contributed by atoms with Gasteiger partial charge in [-0.3, -0.25) is 0 Å². The Morgan fingerprint density at radius 2 is 1.89 bits per heavy atom. The lowest BCUT2D eigenvalue weighted by Crippen LogP contribution is -2.08. The first-order chi connectivity index (χ1) is 18.0. The summed E-state index contributed by atoms with van der Waals surface area (Å²) in [6.07, 6.45) is 4.14. The fourth-order valence-electron chi connectivity index (χ4n) is 4.59. The number of rotatable bonds is 8. The van der Waals surface area contributed by atoms with Crippen LogP contribution < -0.4 is 25.4 Å². The van der Waals surface area contributed by atoms with Crippen molar-refractivity contribution >= 4 is 56.4 Å². The standard InChI is InChI=1S/C28H25BrClN5O2/c1-36-25-12-19-22(32-16-28(19)9-10-28)13-23(25)34-27-31-14-20(29)26(35-27)33-18-7-8-24(21(30)11-18)37-15-17-5-3-2-4-6-17/h2-8,11-14,32H,9-10,15-16H2,1H3,(H2,31,33,34,35). The maximum absolute atomic E-state index is 6.50. The van der Waals surface area contributed by atoms with Crippen LogP contribution in [0.4, 0.5) is 28.8 Å². The second-order valence-corrected chi connectivity index (χ2v) is 10.6. The highest BCUT2D eigenvalue weighted by molar-refractivity contribution is 9.10. The fourth-order valence-corrected chi connectivity index (χ4v) is 5.12.